The minimum atomic E-state index is -4.58. The third-order valence-corrected chi connectivity index (χ3v) is 5.81. The number of alkyl halides is 3. The van der Waals surface area contributed by atoms with Crippen LogP contribution >= 0.6 is 11.3 Å². The molecule has 2 aromatic heterocycles. The molecular formula is C19H16F3N3O3S. The summed E-state index contributed by atoms with van der Waals surface area (Å²) in [6.45, 7) is 0. The fraction of sp³-hybridized carbons (Fsp3) is 0.316. The van der Waals surface area contributed by atoms with Crippen LogP contribution in [0.15, 0.2) is 40.9 Å². The summed E-state index contributed by atoms with van der Waals surface area (Å²) in [6.07, 6.45) is -1.64. The number of carbonyl (C=O) groups excluding carboxylic acids is 2. The zero-order valence-electron chi connectivity index (χ0n) is 15.0. The summed E-state index contributed by atoms with van der Waals surface area (Å²) in [4.78, 5) is 28.0. The van der Waals surface area contributed by atoms with Gasteiger partial charge in [0.2, 0.25) is 0 Å². The van der Waals surface area contributed by atoms with E-state index in [2.05, 4.69) is 15.6 Å². The minimum Gasteiger partial charge on any atom is -0.451 e. The van der Waals surface area contributed by atoms with Crippen LogP contribution in [-0.2, 0) is 6.18 Å². The van der Waals surface area contributed by atoms with Gasteiger partial charge in [0.1, 0.15) is 10.5 Å². The molecule has 6 nitrogen and oxygen atoms in total. The molecule has 0 radical (unpaired) electrons. The van der Waals surface area contributed by atoms with Crippen molar-refractivity contribution in [1.82, 2.24) is 15.6 Å². The van der Waals surface area contributed by atoms with Gasteiger partial charge in [-0.05, 0) is 31.4 Å². The van der Waals surface area contributed by atoms with Gasteiger partial charge in [-0.1, -0.05) is 18.2 Å². The first-order chi connectivity index (χ1) is 13.8. The number of furan rings is 1. The summed E-state index contributed by atoms with van der Waals surface area (Å²) in [6, 6.07) is 8.16. The summed E-state index contributed by atoms with van der Waals surface area (Å²) in [5, 5.41) is 5.30. The summed E-state index contributed by atoms with van der Waals surface area (Å²) in [5.74, 6) is -0.863. The molecule has 1 aliphatic carbocycles. The van der Waals surface area contributed by atoms with Crippen molar-refractivity contribution < 1.29 is 27.2 Å². The quantitative estimate of drug-likeness (QED) is 0.665. The number of para-hydroxylation sites is 1. The topological polar surface area (TPSA) is 84.2 Å². The fourth-order valence-corrected chi connectivity index (χ4v) is 4.07. The summed E-state index contributed by atoms with van der Waals surface area (Å²) in [7, 11) is 0. The number of hydrogen-bond acceptors (Lipinski definition) is 5. The van der Waals surface area contributed by atoms with Crippen LogP contribution in [0.4, 0.5) is 13.2 Å². The molecule has 1 aromatic carbocycles. The molecule has 152 valence electrons. The average Bonchev–Trinajstić information content (AvgIpc) is 3.40. The van der Waals surface area contributed by atoms with E-state index in [-0.39, 0.29) is 22.7 Å². The lowest BCUT2D eigenvalue weighted by molar-refractivity contribution is -0.137. The standard InChI is InChI=1S/C19H16F3N3O3S/c20-19(21,22)18-23-9-15(29-18)17(27)25-12-6-3-5-11(12)24-16(26)14-8-10-4-1-2-7-13(10)28-14/h1-2,4,7-9,11-12H,3,5-6H2,(H,24,26)(H,25,27)/t11-,12-/m1/s1. The maximum Gasteiger partial charge on any atom is 0.443 e. The van der Waals surface area contributed by atoms with Gasteiger partial charge in [-0.25, -0.2) is 4.98 Å². The Bertz CT molecular complexity index is 1030. The van der Waals surface area contributed by atoms with E-state index in [1.807, 2.05) is 12.1 Å². The second-order valence-corrected chi connectivity index (χ2v) is 7.80. The Kier molecular flexibility index (Phi) is 5.03. The van der Waals surface area contributed by atoms with E-state index in [9.17, 15) is 22.8 Å². The smallest absolute Gasteiger partial charge is 0.443 e. The molecule has 0 saturated heterocycles. The summed E-state index contributed by atoms with van der Waals surface area (Å²) in [5.41, 5.74) is 0.597. The molecule has 1 saturated carbocycles. The molecule has 2 N–H and O–H groups in total. The number of thiazole rings is 1. The van der Waals surface area contributed by atoms with Crippen LogP contribution in [0.25, 0.3) is 11.0 Å². The zero-order valence-corrected chi connectivity index (χ0v) is 15.8. The number of hydrogen-bond donors (Lipinski definition) is 2. The number of carbonyl (C=O) groups is 2. The van der Waals surface area contributed by atoms with Gasteiger partial charge < -0.3 is 15.1 Å². The lowest BCUT2D eigenvalue weighted by Crippen LogP contribution is -2.48. The van der Waals surface area contributed by atoms with Crippen LogP contribution in [0.3, 0.4) is 0 Å². The van der Waals surface area contributed by atoms with E-state index < -0.39 is 23.0 Å². The lowest BCUT2D eigenvalue weighted by Gasteiger charge is -2.21. The third kappa shape index (κ3) is 4.12. The first-order valence-corrected chi connectivity index (χ1v) is 9.76. The Balaban J connectivity index is 1.41. The van der Waals surface area contributed by atoms with E-state index in [0.29, 0.717) is 29.8 Å². The maximum atomic E-state index is 12.7. The zero-order chi connectivity index (χ0) is 20.6. The number of nitrogens with zero attached hydrogens (tertiary/aromatic N) is 1. The maximum absolute atomic E-state index is 12.7. The van der Waals surface area contributed by atoms with Crippen molar-refractivity contribution in [3.05, 3.63) is 52.2 Å². The van der Waals surface area contributed by atoms with Crippen LogP contribution < -0.4 is 10.6 Å². The van der Waals surface area contributed by atoms with Crippen LogP contribution in [-0.4, -0.2) is 28.9 Å². The largest absolute Gasteiger partial charge is 0.451 e. The Morgan fingerprint density at radius 3 is 2.45 bits per heavy atom. The SMILES string of the molecule is O=C(N[C@@H]1CCC[C@H]1NC(=O)c1cnc(C(F)(F)F)s1)c1cc2ccccc2o1. The Morgan fingerprint density at radius 2 is 1.79 bits per heavy atom. The van der Waals surface area contributed by atoms with E-state index in [0.717, 1.165) is 18.0 Å². The van der Waals surface area contributed by atoms with Crippen molar-refractivity contribution >= 4 is 34.1 Å². The number of fused-ring (bicyclic) bond motifs is 1. The minimum absolute atomic E-state index is 0.119. The van der Waals surface area contributed by atoms with E-state index in [4.69, 9.17) is 4.42 Å². The molecule has 0 bridgehead atoms. The Hall–Kier alpha value is -2.88. The average molecular weight is 423 g/mol. The molecule has 2 atom stereocenters. The number of benzene rings is 1. The van der Waals surface area contributed by atoms with Gasteiger partial charge in [0.05, 0.1) is 6.20 Å². The molecule has 0 spiro atoms. The van der Waals surface area contributed by atoms with Gasteiger partial charge in [-0.2, -0.15) is 13.2 Å². The molecule has 10 heteroatoms. The molecule has 2 amide bonds. The molecule has 1 fully saturated rings. The molecule has 0 aliphatic heterocycles. The monoisotopic (exact) mass is 423 g/mol. The van der Waals surface area contributed by atoms with Gasteiger partial charge in [-0.3, -0.25) is 9.59 Å². The molecule has 29 heavy (non-hydrogen) atoms. The van der Waals surface area contributed by atoms with Crippen LogP contribution in [0.5, 0.6) is 0 Å². The van der Waals surface area contributed by atoms with Crippen molar-refractivity contribution in [2.75, 3.05) is 0 Å². The van der Waals surface area contributed by atoms with E-state index in [1.165, 1.54) is 0 Å². The molecule has 0 unspecified atom stereocenters. The van der Waals surface area contributed by atoms with Crippen LogP contribution in [0.1, 0.15) is 44.5 Å². The summed E-state index contributed by atoms with van der Waals surface area (Å²) < 4.78 is 43.6. The number of rotatable bonds is 4. The van der Waals surface area contributed by atoms with Crippen molar-refractivity contribution in [2.45, 2.75) is 37.5 Å². The summed E-state index contributed by atoms with van der Waals surface area (Å²) >= 11 is 0.295. The van der Waals surface area contributed by atoms with Gasteiger partial charge in [-0.15, -0.1) is 11.3 Å². The fourth-order valence-electron chi connectivity index (χ4n) is 3.39. The first-order valence-electron chi connectivity index (χ1n) is 8.94. The van der Waals surface area contributed by atoms with Gasteiger partial charge in [0.15, 0.2) is 10.8 Å². The molecular weight excluding hydrogens is 407 g/mol. The highest BCUT2D eigenvalue weighted by Crippen LogP contribution is 2.32. The first kappa shape index (κ1) is 19.4. The number of halogens is 3. The van der Waals surface area contributed by atoms with E-state index >= 15 is 0 Å². The van der Waals surface area contributed by atoms with Gasteiger partial charge in [0, 0.05) is 17.5 Å². The highest BCUT2D eigenvalue weighted by atomic mass is 32.1. The second kappa shape index (κ2) is 7.51. The van der Waals surface area contributed by atoms with Gasteiger partial charge in [0.25, 0.3) is 11.8 Å². The van der Waals surface area contributed by atoms with E-state index in [1.54, 1.807) is 18.2 Å². The highest BCUT2D eigenvalue weighted by Gasteiger charge is 2.36. The van der Waals surface area contributed by atoms with Crippen LogP contribution in [0, 0.1) is 0 Å². The predicted molar refractivity (Wildman–Crippen MR) is 99.7 cm³/mol. The number of aromatic nitrogens is 1. The van der Waals surface area contributed by atoms with Crippen molar-refractivity contribution in [3.63, 3.8) is 0 Å². The number of nitrogens with one attached hydrogen (secondary N) is 2. The third-order valence-electron chi connectivity index (χ3n) is 4.77. The lowest BCUT2D eigenvalue weighted by atomic mass is 10.1. The van der Waals surface area contributed by atoms with Crippen molar-refractivity contribution in [1.29, 1.82) is 0 Å². The molecule has 4 rings (SSSR count). The normalized spacial score (nSPS) is 19.4. The highest BCUT2D eigenvalue weighted by molar-refractivity contribution is 7.13. The Labute approximate surface area is 167 Å². The molecule has 3 aromatic rings. The number of amides is 2. The van der Waals surface area contributed by atoms with Crippen molar-refractivity contribution in [2.24, 2.45) is 0 Å². The van der Waals surface area contributed by atoms with Crippen LogP contribution in [0.2, 0.25) is 0 Å². The predicted octanol–water partition coefficient (Wildman–Crippen LogP) is 3.99. The second-order valence-electron chi connectivity index (χ2n) is 6.77. The Morgan fingerprint density at radius 1 is 1.10 bits per heavy atom. The molecule has 1 aliphatic rings. The van der Waals surface area contributed by atoms with Crippen molar-refractivity contribution in [3.8, 4) is 0 Å². The van der Waals surface area contributed by atoms with Gasteiger partial charge >= 0.3 is 6.18 Å². The molecule has 2 heterocycles.